The zero-order chi connectivity index (χ0) is 12.9. The lowest BCUT2D eigenvalue weighted by Crippen LogP contribution is -2.16. The Morgan fingerprint density at radius 2 is 1.82 bits per heavy atom. The van der Waals surface area contributed by atoms with Crippen LogP contribution in [-0.2, 0) is 21.1 Å². The van der Waals surface area contributed by atoms with E-state index in [4.69, 9.17) is 0 Å². The van der Waals surface area contributed by atoms with Crippen molar-refractivity contribution in [3.63, 3.8) is 0 Å². The SMILES string of the molecule is CCc1ccc(NC(=O)CCS(C)(=O)=O)cc1. The van der Waals surface area contributed by atoms with Crippen LogP contribution in [0.5, 0.6) is 0 Å². The maximum absolute atomic E-state index is 11.4. The number of carbonyl (C=O) groups excluding carboxylic acids is 1. The van der Waals surface area contributed by atoms with E-state index in [-0.39, 0.29) is 18.1 Å². The van der Waals surface area contributed by atoms with Gasteiger partial charge in [0.1, 0.15) is 9.84 Å². The summed E-state index contributed by atoms with van der Waals surface area (Å²) < 4.78 is 21.8. The second-order valence-corrected chi connectivity index (χ2v) is 6.24. The molecular weight excluding hydrogens is 238 g/mol. The van der Waals surface area contributed by atoms with Gasteiger partial charge in [-0.15, -0.1) is 0 Å². The number of aryl methyl sites for hydroxylation is 1. The highest BCUT2D eigenvalue weighted by Crippen LogP contribution is 2.10. The molecule has 1 rings (SSSR count). The fraction of sp³-hybridized carbons (Fsp3) is 0.417. The van der Waals surface area contributed by atoms with Crippen LogP contribution in [0.1, 0.15) is 18.9 Å². The number of rotatable bonds is 5. The van der Waals surface area contributed by atoms with Gasteiger partial charge < -0.3 is 5.32 Å². The molecule has 0 fully saturated rings. The molecule has 0 saturated carbocycles. The van der Waals surface area contributed by atoms with Crippen molar-refractivity contribution < 1.29 is 13.2 Å². The molecule has 1 amide bonds. The second-order valence-electron chi connectivity index (χ2n) is 3.98. The molecular formula is C12H17NO3S. The van der Waals surface area contributed by atoms with Crippen LogP contribution in [-0.4, -0.2) is 26.3 Å². The minimum absolute atomic E-state index is 0.00559. The number of carbonyl (C=O) groups is 1. The van der Waals surface area contributed by atoms with E-state index in [0.29, 0.717) is 5.69 Å². The minimum atomic E-state index is -3.08. The molecule has 94 valence electrons. The van der Waals surface area contributed by atoms with Crippen LogP contribution in [0, 0.1) is 0 Å². The van der Waals surface area contributed by atoms with Crippen LogP contribution in [0.25, 0.3) is 0 Å². The molecule has 1 aromatic rings. The monoisotopic (exact) mass is 255 g/mol. The molecule has 17 heavy (non-hydrogen) atoms. The van der Waals surface area contributed by atoms with E-state index < -0.39 is 9.84 Å². The van der Waals surface area contributed by atoms with E-state index in [2.05, 4.69) is 12.2 Å². The summed E-state index contributed by atoms with van der Waals surface area (Å²) >= 11 is 0. The zero-order valence-corrected chi connectivity index (χ0v) is 10.9. The molecule has 0 aliphatic rings. The summed E-state index contributed by atoms with van der Waals surface area (Å²) in [4.78, 5) is 11.4. The molecule has 0 radical (unpaired) electrons. The number of hydrogen-bond acceptors (Lipinski definition) is 3. The molecule has 0 aromatic heterocycles. The van der Waals surface area contributed by atoms with Gasteiger partial charge in [-0.3, -0.25) is 4.79 Å². The number of nitrogens with one attached hydrogen (secondary N) is 1. The molecule has 5 heteroatoms. The third kappa shape index (κ3) is 5.49. The Kier molecular flexibility index (Phi) is 4.69. The molecule has 0 saturated heterocycles. The Labute approximate surface area is 102 Å². The Morgan fingerprint density at radius 1 is 1.24 bits per heavy atom. The second kappa shape index (κ2) is 5.82. The molecule has 0 unspecified atom stereocenters. The van der Waals surface area contributed by atoms with Gasteiger partial charge in [-0.25, -0.2) is 8.42 Å². The number of anilines is 1. The molecule has 0 atom stereocenters. The zero-order valence-electron chi connectivity index (χ0n) is 10.1. The normalized spacial score (nSPS) is 11.2. The smallest absolute Gasteiger partial charge is 0.225 e. The van der Waals surface area contributed by atoms with Crippen LogP contribution < -0.4 is 5.32 Å². The molecule has 0 bridgehead atoms. The Morgan fingerprint density at radius 3 is 2.29 bits per heavy atom. The van der Waals surface area contributed by atoms with Crippen LogP contribution in [0.15, 0.2) is 24.3 Å². The lowest BCUT2D eigenvalue weighted by molar-refractivity contribution is -0.115. The number of sulfone groups is 1. The predicted molar refractivity (Wildman–Crippen MR) is 68.8 cm³/mol. The standard InChI is InChI=1S/C12H17NO3S/c1-3-10-4-6-11(7-5-10)13-12(14)8-9-17(2,15)16/h4-7H,3,8-9H2,1-2H3,(H,13,14). The van der Waals surface area contributed by atoms with Crippen LogP contribution in [0.4, 0.5) is 5.69 Å². The largest absolute Gasteiger partial charge is 0.326 e. The molecule has 1 N–H and O–H groups in total. The summed E-state index contributed by atoms with van der Waals surface area (Å²) in [5.74, 6) is -0.397. The fourth-order valence-electron chi connectivity index (χ4n) is 1.33. The number of amides is 1. The highest BCUT2D eigenvalue weighted by atomic mass is 32.2. The predicted octanol–water partition coefficient (Wildman–Crippen LogP) is 1.62. The highest BCUT2D eigenvalue weighted by molar-refractivity contribution is 7.90. The van der Waals surface area contributed by atoms with E-state index >= 15 is 0 Å². The molecule has 0 aliphatic carbocycles. The lowest BCUT2D eigenvalue weighted by atomic mass is 10.1. The third-order valence-electron chi connectivity index (χ3n) is 2.35. The molecule has 0 spiro atoms. The van der Waals surface area contributed by atoms with Crippen molar-refractivity contribution in [3.8, 4) is 0 Å². The lowest BCUT2D eigenvalue weighted by Gasteiger charge is -2.05. The average Bonchev–Trinajstić information content (AvgIpc) is 2.27. The molecule has 1 aromatic carbocycles. The van der Waals surface area contributed by atoms with Crippen LogP contribution in [0.2, 0.25) is 0 Å². The van der Waals surface area contributed by atoms with Crippen LogP contribution in [0.3, 0.4) is 0 Å². The van der Waals surface area contributed by atoms with E-state index in [1.807, 2.05) is 24.3 Å². The summed E-state index contributed by atoms with van der Waals surface area (Å²) in [6.07, 6.45) is 2.06. The van der Waals surface area contributed by atoms with Gasteiger partial charge in [0.15, 0.2) is 0 Å². The maximum Gasteiger partial charge on any atom is 0.225 e. The van der Waals surface area contributed by atoms with E-state index in [1.165, 1.54) is 5.56 Å². The van der Waals surface area contributed by atoms with E-state index in [0.717, 1.165) is 12.7 Å². The summed E-state index contributed by atoms with van der Waals surface area (Å²) in [5.41, 5.74) is 1.89. The maximum atomic E-state index is 11.4. The van der Waals surface area contributed by atoms with Crippen LogP contribution >= 0.6 is 0 Å². The Hall–Kier alpha value is -1.36. The molecule has 0 heterocycles. The first-order chi connectivity index (χ1) is 7.90. The first kappa shape index (κ1) is 13.7. The molecule has 0 aliphatic heterocycles. The van der Waals surface area contributed by atoms with Crippen molar-refractivity contribution in [2.75, 3.05) is 17.3 Å². The number of hydrogen-bond donors (Lipinski definition) is 1. The van der Waals surface area contributed by atoms with Gasteiger partial charge in [0.05, 0.1) is 5.75 Å². The van der Waals surface area contributed by atoms with Gasteiger partial charge in [-0.1, -0.05) is 19.1 Å². The van der Waals surface area contributed by atoms with Crippen molar-refractivity contribution in [2.45, 2.75) is 19.8 Å². The number of benzene rings is 1. The third-order valence-corrected chi connectivity index (χ3v) is 3.29. The Bertz CT molecular complexity index is 477. The van der Waals surface area contributed by atoms with E-state index in [1.54, 1.807) is 0 Å². The van der Waals surface area contributed by atoms with Crippen molar-refractivity contribution in [3.05, 3.63) is 29.8 Å². The average molecular weight is 255 g/mol. The summed E-state index contributed by atoms with van der Waals surface area (Å²) in [6, 6.07) is 7.51. The summed E-state index contributed by atoms with van der Waals surface area (Å²) in [5, 5.41) is 2.66. The van der Waals surface area contributed by atoms with Crippen molar-refractivity contribution >= 4 is 21.4 Å². The van der Waals surface area contributed by atoms with Gasteiger partial charge in [0.2, 0.25) is 5.91 Å². The quantitative estimate of drug-likeness (QED) is 0.869. The van der Waals surface area contributed by atoms with Gasteiger partial charge >= 0.3 is 0 Å². The topological polar surface area (TPSA) is 63.2 Å². The van der Waals surface area contributed by atoms with Gasteiger partial charge in [-0.05, 0) is 24.1 Å². The minimum Gasteiger partial charge on any atom is -0.326 e. The van der Waals surface area contributed by atoms with Crippen molar-refractivity contribution in [2.24, 2.45) is 0 Å². The van der Waals surface area contributed by atoms with Crippen molar-refractivity contribution in [1.82, 2.24) is 0 Å². The van der Waals surface area contributed by atoms with Gasteiger partial charge in [-0.2, -0.15) is 0 Å². The van der Waals surface area contributed by atoms with Crippen molar-refractivity contribution in [1.29, 1.82) is 0 Å². The van der Waals surface area contributed by atoms with Gasteiger partial charge in [0, 0.05) is 18.4 Å². The summed E-state index contributed by atoms with van der Waals surface area (Å²) in [6.45, 7) is 2.06. The first-order valence-electron chi connectivity index (χ1n) is 5.47. The van der Waals surface area contributed by atoms with Gasteiger partial charge in [0.25, 0.3) is 0 Å². The summed E-state index contributed by atoms with van der Waals surface area (Å²) in [7, 11) is -3.08. The highest BCUT2D eigenvalue weighted by Gasteiger charge is 2.07. The Balaban J connectivity index is 2.50. The fourth-order valence-corrected chi connectivity index (χ4v) is 1.88. The van der Waals surface area contributed by atoms with E-state index in [9.17, 15) is 13.2 Å². The first-order valence-corrected chi connectivity index (χ1v) is 7.53. The molecule has 4 nitrogen and oxygen atoms in total.